The molecule has 3 unspecified atom stereocenters. The van der Waals surface area contributed by atoms with Gasteiger partial charge in [-0.05, 0) is 97.7 Å². The maximum atomic E-state index is 12.9. The van der Waals surface area contributed by atoms with Crippen molar-refractivity contribution in [3.8, 4) is 0 Å². The van der Waals surface area contributed by atoms with Crippen LogP contribution in [-0.4, -0.2) is 17.0 Å². The summed E-state index contributed by atoms with van der Waals surface area (Å²) in [5.74, 6) is 3.27. The van der Waals surface area contributed by atoms with Crippen LogP contribution in [0.5, 0.6) is 0 Å². The second-order valence-corrected chi connectivity index (χ2v) is 15.2. The first kappa shape index (κ1) is 22.1. The molecule has 0 aromatic rings. The molecular formula is C30H48O2. The zero-order valence-corrected chi connectivity index (χ0v) is 22.2. The van der Waals surface area contributed by atoms with E-state index in [2.05, 4.69) is 55.4 Å². The van der Waals surface area contributed by atoms with Crippen LogP contribution in [0, 0.1) is 50.7 Å². The second-order valence-electron chi connectivity index (χ2n) is 15.2. The molecule has 6 aliphatic rings. The van der Waals surface area contributed by atoms with E-state index in [1.165, 1.54) is 51.4 Å². The van der Waals surface area contributed by atoms with Gasteiger partial charge in [-0.3, -0.25) is 4.79 Å². The van der Waals surface area contributed by atoms with Gasteiger partial charge >= 0.3 is 0 Å². The van der Waals surface area contributed by atoms with Gasteiger partial charge in [0, 0.05) is 17.3 Å². The minimum atomic E-state index is -0.140. The first-order valence-electron chi connectivity index (χ1n) is 14.0. The minimum absolute atomic E-state index is 0.140. The van der Waals surface area contributed by atoms with Crippen molar-refractivity contribution in [2.75, 3.05) is 0 Å². The number of fused-ring (bicyclic) bond motifs is 6. The van der Waals surface area contributed by atoms with Gasteiger partial charge in [0.25, 0.3) is 0 Å². The van der Waals surface area contributed by atoms with Gasteiger partial charge in [-0.2, -0.15) is 0 Å². The van der Waals surface area contributed by atoms with Gasteiger partial charge < -0.3 is 4.74 Å². The summed E-state index contributed by atoms with van der Waals surface area (Å²) in [6.07, 6.45) is 12.5. The van der Waals surface area contributed by atoms with Crippen molar-refractivity contribution in [2.24, 2.45) is 50.7 Å². The number of Topliss-reactive ketones (excluding diaryl/α,β-unsaturated/α-hetero) is 1. The molecule has 1 spiro atoms. The molecule has 0 N–H and O–H groups in total. The number of carbonyl (C=O) groups excluding carboxylic acids is 1. The van der Waals surface area contributed by atoms with Gasteiger partial charge in [-0.1, -0.05) is 55.4 Å². The van der Waals surface area contributed by atoms with Crippen molar-refractivity contribution >= 4 is 5.78 Å². The summed E-state index contributed by atoms with van der Waals surface area (Å²) in [6, 6.07) is 0. The number of rotatable bonds is 1. The summed E-state index contributed by atoms with van der Waals surface area (Å²) in [5, 5.41) is 0. The lowest BCUT2D eigenvalue weighted by atomic mass is 9.32. The van der Waals surface area contributed by atoms with Crippen molar-refractivity contribution in [3.05, 3.63) is 0 Å². The standard InChI is InChI=1S/C30H48O2/c1-19(2)29-17-15-28(8)22-10-9-21-25(5)13-12-23(31)24(3,4)20(25)11-14-26(21,6)27(22,7)16-18-30(28,29)32-29/h19-22H,9-18H2,1-8H3/t20?,21?,22?,25-,26+,27+,28+,29-,30-/m0/s1. The molecule has 1 saturated heterocycles. The number of epoxide rings is 1. The molecule has 2 heteroatoms. The Morgan fingerprint density at radius 3 is 2.00 bits per heavy atom. The normalized spacial score (nSPS) is 60.2. The fraction of sp³-hybridized carbons (Fsp3) is 0.967. The minimum Gasteiger partial charge on any atom is -0.362 e. The summed E-state index contributed by atoms with van der Waals surface area (Å²) >= 11 is 0. The highest BCUT2D eigenvalue weighted by atomic mass is 16.6. The van der Waals surface area contributed by atoms with E-state index in [4.69, 9.17) is 4.74 Å². The molecule has 0 aromatic heterocycles. The third-order valence-electron chi connectivity index (χ3n) is 14.2. The lowest BCUT2D eigenvalue weighted by Crippen LogP contribution is -2.67. The van der Waals surface area contributed by atoms with Crippen LogP contribution in [0.1, 0.15) is 120 Å². The highest BCUT2D eigenvalue weighted by molar-refractivity contribution is 5.85. The molecule has 0 bridgehead atoms. The maximum absolute atomic E-state index is 12.9. The quantitative estimate of drug-likeness (QED) is 0.393. The molecule has 6 rings (SSSR count). The molecule has 32 heavy (non-hydrogen) atoms. The second kappa shape index (κ2) is 5.88. The Kier molecular flexibility index (Phi) is 4.06. The predicted octanol–water partition coefficient (Wildman–Crippen LogP) is 7.59. The van der Waals surface area contributed by atoms with E-state index in [0.29, 0.717) is 39.3 Å². The zero-order valence-electron chi connectivity index (χ0n) is 22.2. The van der Waals surface area contributed by atoms with Gasteiger partial charge in [-0.15, -0.1) is 0 Å². The molecule has 0 amide bonds. The fourth-order valence-corrected chi connectivity index (χ4v) is 12.3. The Balaban J connectivity index is 1.40. The van der Waals surface area contributed by atoms with E-state index in [1.807, 2.05) is 0 Å². The SMILES string of the molecule is CC(C)[C@@]12CC[C@]3(C)C4CCC5[C@@]6(C)CCC(=O)C(C)(C)C6CC[C@@]5(C)[C@]4(C)CC[C@@]13O2. The van der Waals surface area contributed by atoms with E-state index in [9.17, 15) is 4.79 Å². The van der Waals surface area contributed by atoms with Crippen LogP contribution in [0.4, 0.5) is 0 Å². The fourth-order valence-electron chi connectivity index (χ4n) is 12.3. The molecule has 5 saturated carbocycles. The van der Waals surface area contributed by atoms with Crippen LogP contribution < -0.4 is 0 Å². The molecule has 5 aliphatic carbocycles. The van der Waals surface area contributed by atoms with Crippen molar-refractivity contribution in [2.45, 2.75) is 131 Å². The molecule has 1 heterocycles. The van der Waals surface area contributed by atoms with E-state index < -0.39 is 0 Å². The largest absolute Gasteiger partial charge is 0.362 e. The molecule has 0 radical (unpaired) electrons. The molecule has 180 valence electrons. The summed E-state index contributed by atoms with van der Waals surface area (Å²) in [4.78, 5) is 12.9. The highest BCUT2D eigenvalue weighted by Gasteiger charge is 2.86. The van der Waals surface area contributed by atoms with Crippen molar-refractivity contribution in [1.29, 1.82) is 0 Å². The third-order valence-corrected chi connectivity index (χ3v) is 14.2. The molecule has 1 aliphatic heterocycles. The van der Waals surface area contributed by atoms with Crippen LogP contribution in [0.15, 0.2) is 0 Å². The van der Waals surface area contributed by atoms with E-state index >= 15 is 0 Å². The molecule has 2 nitrogen and oxygen atoms in total. The van der Waals surface area contributed by atoms with Gasteiger partial charge in [0.2, 0.25) is 0 Å². The number of carbonyl (C=O) groups is 1. The van der Waals surface area contributed by atoms with Crippen LogP contribution in [0.2, 0.25) is 0 Å². The monoisotopic (exact) mass is 440 g/mol. The summed E-state index contributed by atoms with van der Waals surface area (Å²) in [6.45, 7) is 20.0. The lowest BCUT2D eigenvalue weighted by molar-refractivity contribution is -0.241. The van der Waals surface area contributed by atoms with Gasteiger partial charge in [0.1, 0.15) is 17.0 Å². The summed E-state index contributed by atoms with van der Waals surface area (Å²) in [5.41, 5.74) is 1.66. The number of hydrogen-bond acceptors (Lipinski definition) is 2. The lowest BCUT2D eigenvalue weighted by Gasteiger charge is -2.72. The molecule has 6 fully saturated rings. The van der Waals surface area contributed by atoms with Crippen molar-refractivity contribution in [1.82, 2.24) is 0 Å². The first-order valence-corrected chi connectivity index (χ1v) is 14.0. The Morgan fingerprint density at radius 1 is 0.719 bits per heavy atom. The highest BCUT2D eigenvalue weighted by Crippen LogP contribution is 2.84. The van der Waals surface area contributed by atoms with Crippen LogP contribution >= 0.6 is 0 Å². The molecule has 0 aromatic carbocycles. The van der Waals surface area contributed by atoms with Gasteiger partial charge in [0.15, 0.2) is 0 Å². The molecule has 9 atom stereocenters. The van der Waals surface area contributed by atoms with Crippen LogP contribution in [0.3, 0.4) is 0 Å². The molecular weight excluding hydrogens is 392 g/mol. The maximum Gasteiger partial charge on any atom is 0.138 e. The van der Waals surface area contributed by atoms with E-state index in [-0.39, 0.29) is 16.6 Å². The topological polar surface area (TPSA) is 29.6 Å². The summed E-state index contributed by atoms with van der Waals surface area (Å²) < 4.78 is 6.87. The first-order chi connectivity index (χ1) is 14.8. The van der Waals surface area contributed by atoms with Gasteiger partial charge in [-0.25, -0.2) is 0 Å². The smallest absolute Gasteiger partial charge is 0.138 e. The van der Waals surface area contributed by atoms with Crippen molar-refractivity contribution < 1.29 is 9.53 Å². The average Bonchev–Trinajstić information content (AvgIpc) is 3.32. The summed E-state index contributed by atoms with van der Waals surface area (Å²) in [7, 11) is 0. The third kappa shape index (κ3) is 2.02. The van der Waals surface area contributed by atoms with Crippen LogP contribution in [-0.2, 0) is 9.53 Å². The number of ketones is 1. The van der Waals surface area contributed by atoms with Crippen LogP contribution in [0.25, 0.3) is 0 Å². The van der Waals surface area contributed by atoms with E-state index in [1.54, 1.807) is 0 Å². The number of hydrogen-bond donors (Lipinski definition) is 0. The van der Waals surface area contributed by atoms with Gasteiger partial charge in [0.05, 0.1) is 0 Å². The predicted molar refractivity (Wildman–Crippen MR) is 129 cm³/mol. The van der Waals surface area contributed by atoms with E-state index in [0.717, 1.165) is 24.7 Å². The number of ether oxygens (including phenoxy) is 1. The Hall–Kier alpha value is -0.370. The zero-order chi connectivity index (χ0) is 23.2. The average molecular weight is 441 g/mol. The Morgan fingerprint density at radius 2 is 1.34 bits per heavy atom. The Labute approximate surface area is 197 Å². The Bertz CT molecular complexity index is 874. The van der Waals surface area contributed by atoms with Crippen molar-refractivity contribution in [3.63, 3.8) is 0 Å².